The van der Waals surface area contributed by atoms with Gasteiger partial charge in [-0.3, -0.25) is 4.90 Å². The molecule has 0 fully saturated rings. The molecule has 17 heavy (non-hydrogen) atoms. The van der Waals surface area contributed by atoms with Crippen LogP contribution in [0.15, 0.2) is 24.3 Å². The van der Waals surface area contributed by atoms with Crippen LogP contribution in [0.4, 0.5) is 0 Å². The van der Waals surface area contributed by atoms with Crippen molar-refractivity contribution in [3.8, 4) is 0 Å². The summed E-state index contributed by atoms with van der Waals surface area (Å²) in [6.07, 6.45) is 1.64. The SMILES string of the molecule is CCCc1ccc(CN(C)CC(O)CO)cc1. The molecule has 0 aromatic heterocycles. The second-order valence-electron chi connectivity index (χ2n) is 4.60. The maximum Gasteiger partial charge on any atom is 0.0897 e. The minimum absolute atomic E-state index is 0.181. The first-order valence-corrected chi connectivity index (χ1v) is 6.21. The molecule has 0 spiro atoms. The fourth-order valence-corrected chi connectivity index (χ4v) is 1.89. The summed E-state index contributed by atoms with van der Waals surface area (Å²) < 4.78 is 0. The zero-order chi connectivity index (χ0) is 12.7. The van der Waals surface area contributed by atoms with Crippen LogP contribution in [0.1, 0.15) is 24.5 Å². The highest BCUT2D eigenvalue weighted by atomic mass is 16.3. The summed E-state index contributed by atoms with van der Waals surface area (Å²) in [7, 11) is 1.94. The van der Waals surface area contributed by atoms with E-state index in [2.05, 4.69) is 31.2 Å². The van der Waals surface area contributed by atoms with E-state index in [1.165, 1.54) is 17.5 Å². The Hall–Kier alpha value is -0.900. The average molecular weight is 237 g/mol. The Labute approximate surface area is 104 Å². The van der Waals surface area contributed by atoms with E-state index in [9.17, 15) is 5.11 Å². The summed E-state index contributed by atoms with van der Waals surface area (Å²) in [6.45, 7) is 3.29. The van der Waals surface area contributed by atoms with Crippen LogP contribution >= 0.6 is 0 Å². The molecule has 1 aromatic carbocycles. The third kappa shape index (κ3) is 5.31. The number of rotatable bonds is 7. The van der Waals surface area contributed by atoms with Crippen molar-refractivity contribution in [2.45, 2.75) is 32.4 Å². The third-order valence-corrected chi connectivity index (χ3v) is 2.75. The van der Waals surface area contributed by atoms with E-state index in [0.29, 0.717) is 6.54 Å². The van der Waals surface area contributed by atoms with Crippen LogP contribution in [0.3, 0.4) is 0 Å². The summed E-state index contributed by atoms with van der Waals surface area (Å²) in [5, 5.41) is 18.1. The summed E-state index contributed by atoms with van der Waals surface area (Å²) >= 11 is 0. The lowest BCUT2D eigenvalue weighted by Crippen LogP contribution is -2.30. The predicted molar refractivity (Wildman–Crippen MR) is 69.9 cm³/mol. The van der Waals surface area contributed by atoms with Crippen molar-refractivity contribution >= 4 is 0 Å². The normalized spacial score (nSPS) is 13.0. The molecule has 0 amide bonds. The second-order valence-corrected chi connectivity index (χ2v) is 4.60. The van der Waals surface area contributed by atoms with Crippen LogP contribution in [-0.2, 0) is 13.0 Å². The Kier molecular flexibility index (Phi) is 6.19. The van der Waals surface area contributed by atoms with Crippen molar-refractivity contribution in [1.29, 1.82) is 0 Å². The molecular weight excluding hydrogens is 214 g/mol. The van der Waals surface area contributed by atoms with E-state index >= 15 is 0 Å². The van der Waals surface area contributed by atoms with Gasteiger partial charge in [-0.15, -0.1) is 0 Å². The van der Waals surface area contributed by atoms with Crippen LogP contribution in [0.2, 0.25) is 0 Å². The number of likely N-dealkylation sites (N-methyl/N-ethyl adjacent to an activating group) is 1. The van der Waals surface area contributed by atoms with Crippen molar-refractivity contribution in [1.82, 2.24) is 4.90 Å². The molecule has 96 valence electrons. The van der Waals surface area contributed by atoms with Crippen LogP contribution in [0.25, 0.3) is 0 Å². The number of benzene rings is 1. The minimum Gasteiger partial charge on any atom is -0.394 e. The lowest BCUT2D eigenvalue weighted by atomic mass is 10.1. The van der Waals surface area contributed by atoms with E-state index in [1.54, 1.807) is 0 Å². The van der Waals surface area contributed by atoms with E-state index < -0.39 is 6.10 Å². The number of aliphatic hydroxyl groups excluding tert-OH is 2. The highest BCUT2D eigenvalue weighted by molar-refractivity contribution is 5.22. The van der Waals surface area contributed by atoms with Crippen molar-refractivity contribution in [2.24, 2.45) is 0 Å². The third-order valence-electron chi connectivity index (χ3n) is 2.75. The molecule has 3 nitrogen and oxygen atoms in total. The Morgan fingerprint density at radius 2 is 1.76 bits per heavy atom. The molecule has 1 unspecified atom stereocenters. The molecule has 0 saturated heterocycles. The molecule has 0 heterocycles. The lowest BCUT2D eigenvalue weighted by Gasteiger charge is -2.19. The van der Waals surface area contributed by atoms with Crippen molar-refractivity contribution < 1.29 is 10.2 Å². The van der Waals surface area contributed by atoms with E-state index in [0.717, 1.165) is 13.0 Å². The van der Waals surface area contributed by atoms with Gasteiger partial charge in [-0.05, 0) is 24.6 Å². The molecule has 2 N–H and O–H groups in total. The van der Waals surface area contributed by atoms with Gasteiger partial charge in [0.1, 0.15) is 0 Å². The predicted octanol–water partition coefficient (Wildman–Crippen LogP) is 1.42. The fraction of sp³-hybridized carbons (Fsp3) is 0.571. The lowest BCUT2D eigenvalue weighted by molar-refractivity contribution is 0.0648. The van der Waals surface area contributed by atoms with Gasteiger partial charge < -0.3 is 10.2 Å². The van der Waals surface area contributed by atoms with E-state index in [1.807, 2.05) is 11.9 Å². The molecule has 0 radical (unpaired) electrons. The standard InChI is InChI=1S/C14H23NO2/c1-3-4-12-5-7-13(8-6-12)9-15(2)10-14(17)11-16/h5-8,14,16-17H,3-4,9-11H2,1-2H3. The number of aryl methyl sites for hydroxylation is 1. The first-order chi connectivity index (χ1) is 8.15. The van der Waals surface area contributed by atoms with Crippen molar-refractivity contribution in [2.75, 3.05) is 20.2 Å². The number of nitrogens with zero attached hydrogens (tertiary/aromatic N) is 1. The van der Waals surface area contributed by atoms with Crippen molar-refractivity contribution in [3.05, 3.63) is 35.4 Å². The second kappa shape index (κ2) is 7.43. The molecular formula is C14H23NO2. The highest BCUT2D eigenvalue weighted by Gasteiger charge is 2.07. The van der Waals surface area contributed by atoms with Crippen LogP contribution in [0, 0.1) is 0 Å². The Balaban J connectivity index is 2.45. The molecule has 0 aliphatic heterocycles. The molecule has 0 aliphatic carbocycles. The van der Waals surface area contributed by atoms with Crippen LogP contribution in [0.5, 0.6) is 0 Å². The van der Waals surface area contributed by atoms with Gasteiger partial charge in [0.25, 0.3) is 0 Å². The van der Waals surface area contributed by atoms with Crippen LogP contribution < -0.4 is 0 Å². The van der Waals surface area contributed by atoms with Gasteiger partial charge in [-0.25, -0.2) is 0 Å². The fourth-order valence-electron chi connectivity index (χ4n) is 1.89. The zero-order valence-corrected chi connectivity index (χ0v) is 10.8. The molecule has 0 bridgehead atoms. The topological polar surface area (TPSA) is 43.7 Å². The highest BCUT2D eigenvalue weighted by Crippen LogP contribution is 2.08. The smallest absolute Gasteiger partial charge is 0.0897 e. The molecule has 1 aromatic rings. The molecule has 0 saturated carbocycles. The monoisotopic (exact) mass is 237 g/mol. The van der Waals surface area contributed by atoms with Gasteiger partial charge in [-0.2, -0.15) is 0 Å². The van der Waals surface area contributed by atoms with E-state index in [4.69, 9.17) is 5.11 Å². The van der Waals surface area contributed by atoms with Gasteiger partial charge in [0, 0.05) is 13.1 Å². The average Bonchev–Trinajstić information content (AvgIpc) is 2.31. The Bertz CT molecular complexity index is 311. The van der Waals surface area contributed by atoms with Gasteiger partial charge in [0.15, 0.2) is 0 Å². The van der Waals surface area contributed by atoms with Crippen LogP contribution in [-0.4, -0.2) is 41.4 Å². The molecule has 1 atom stereocenters. The summed E-state index contributed by atoms with van der Waals surface area (Å²) in [5.74, 6) is 0. The molecule has 1 rings (SSSR count). The van der Waals surface area contributed by atoms with Gasteiger partial charge in [-0.1, -0.05) is 37.6 Å². The first kappa shape index (κ1) is 14.2. The first-order valence-electron chi connectivity index (χ1n) is 6.21. The van der Waals surface area contributed by atoms with Gasteiger partial charge in [0.2, 0.25) is 0 Å². The zero-order valence-electron chi connectivity index (χ0n) is 10.8. The molecule has 3 heteroatoms. The number of hydrogen-bond donors (Lipinski definition) is 2. The summed E-state index contributed by atoms with van der Waals surface area (Å²) in [5.41, 5.74) is 2.60. The largest absolute Gasteiger partial charge is 0.394 e. The maximum atomic E-state index is 9.33. The molecule has 0 aliphatic rings. The maximum absolute atomic E-state index is 9.33. The van der Waals surface area contributed by atoms with Gasteiger partial charge in [0.05, 0.1) is 12.7 Å². The van der Waals surface area contributed by atoms with Gasteiger partial charge >= 0.3 is 0 Å². The number of hydrogen-bond acceptors (Lipinski definition) is 3. The minimum atomic E-state index is -0.653. The summed E-state index contributed by atoms with van der Waals surface area (Å²) in [4.78, 5) is 2.01. The van der Waals surface area contributed by atoms with E-state index in [-0.39, 0.29) is 6.61 Å². The van der Waals surface area contributed by atoms with Crippen molar-refractivity contribution in [3.63, 3.8) is 0 Å². The quantitative estimate of drug-likeness (QED) is 0.754. The summed E-state index contributed by atoms with van der Waals surface area (Å²) in [6, 6.07) is 8.59. The Morgan fingerprint density at radius 3 is 2.29 bits per heavy atom. The number of aliphatic hydroxyl groups is 2. The Morgan fingerprint density at radius 1 is 1.18 bits per heavy atom.